The van der Waals surface area contributed by atoms with Crippen molar-refractivity contribution in [2.75, 3.05) is 39.6 Å². The minimum Gasteiger partial charge on any atom is -0.491 e. The van der Waals surface area contributed by atoms with Crippen molar-refractivity contribution >= 4 is 32.5 Å². The first-order chi connectivity index (χ1) is 21.8. The van der Waals surface area contributed by atoms with Crippen LogP contribution in [-0.2, 0) is 14.2 Å². The Balaban J connectivity index is 1.31. The van der Waals surface area contributed by atoms with Crippen molar-refractivity contribution in [1.29, 1.82) is 0 Å². The van der Waals surface area contributed by atoms with E-state index in [1.165, 1.54) is 0 Å². The van der Waals surface area contributed by atoms with Crippen LogP contribution < -0.4 is 14.2 Å². The summed E-state index contributed by atoms with van der Waals surface area (Å²) in [5, 5.41) is 5.25. The third kappa shape index (κ3) is 4.83. The lowest BCUT2D eigenvalue weighted by Crippen LogP contribution is -2.05. The minimum atomic E-state index is 0.131. The Bertz CT molecular complexity index is 2000. The van der Waals surface area contributed by atoms with Gasteiger partial charge >= 0.3 is 0 Å². The first kappa shape index (κ1) is 25.9. The van der Waals surface area contributed by atoms with Crippen LogP contribution in [0.2, 0.25) is 0 Å². The largest absolute Gasteiger partial charge is 0.491 e. The van der Waals surface area contributed by atoms with Gasteiger partial charge in [-0.3, -0.25) is 0 Å². The van der Waals surface area contributed by atoms with Gasteiger partial charge in [0.05, 0.1) is 19.8 Å². The lowest BCUT2D eigenvalue weighted by molar-refractivity contribution is 0.263. The highest BCUT2D eigenvalue weighted by molar-refractivity contribution is 6.30. The van der Waals surface area contributed by atoms with Gasteiger partial charge in [-0.25, -0.2) is 0 Å². The molecular weight excluding hydrogens is 556 g/mol. The fourth-order valence-electron chi connectivity index (χ4n) is 5.92. The number of benzene rings is 5. The summed E-state index contributed by atoms with van der Waals surface area (Å²) in [4.78, 5) is 0. The van der Waals surface area contributed by atoms with Crippen LogP contribution in [0.3, 0.4) is 0 Å². The number of hydrogen-bond acceptors (Lipinski definition) is 7. The van der Waals surface area contributed by atoms with E-state index in [-0.39, 0.29) is 18.3 Å². The highest BCUT2D eigenvalue weighted by Gasteiger charge is 2.29. The van der Waals surface area contributed by atoms with Crippen LogP contribution in [-0.4, -0.2) is 58.0 Å². The van der Waals surface area contributed by atoms with Crippen LogP contribution in [0.25, 0.3) is 55.0 Å². The Labute approximate surface area is 253 Å². The van der Waals surface area contributed by atoms with Gasteiger partial charge in [0.25, 0.3) is 0 Å². The molecule has 3 fully saturated rings. The molecule has 44 heavy (non-hydrogen) atoms. The van der Waals surface area contributed by atoms with E-state index in [0.717, 1.165) is 92.0 Å². The summed E-state index contributed by atoms with van der Waals surface area (Å²) < 4.78 is 42.0. The van der Waals surface area contributed by atoms with Crippen molar-refractivity contribution in [2.24, 2.45) is 0 Å². The van der Waals surface area contributed by atoms with Crippen LogP contribution in [0.15, 0.2) is 95.4 Å². The molecule has 6 aromatic rings. The Morgan fingerprint density at radius 3 is 1.86 bits per heavy atom. The molecule has 0 amide bonds. The van der Waals surface area contributed by atoms with Crippen molar-refractivity contribution in [2.45, 2.75) is 18.3 Å². The van der Waals surface area contributed by atoms with Crippen LogP contribution in [0, 0.1) is 0 Å². The van der Waals surface area contributed by atoms with E-state index in [1.54, 1.807) is 0 Å². The molecule has 7 nitrogen and oxygen atoms in total. The molecule has 0 spiro atoms. The van der Waals surface area contributed by atoms with Crippen LogP contribution in [0.4, 0.5) is 0 Å². The Morgan fingerprint density at radius 2 is 1.14 bits per heavy atom. The van der Waals surface area contributed by atoms with Crippen molar-refractivity contribution in [3.05, 3.63) is 91.0 Å². The van der Waals surface area contributed by atoms with E-state index < -0.39 is 0 Å². The summed E-state index contributed by atoms with van der Waals surface area (Å²) in [6, 6.07) is 30.9. The van der Waals surface area contributed by atoms with Gasteiger partial charge in [-0.15, -0.1) is 0 Å². The first-order valence-electron chi connectivity index (χ1n) is 15.1. The summed E-state index contributed by atoms with van der Waals surface area (Å²) in [6.07, 6.45) is 0.455. The van der Waals surface area contributed by atoms with Crippen LogP contribution in [0.5, 0.6) is 17.2 Å². The maximum absolute atomic E-state index is 6.97. The molecule has 0 bridgehead atoms. The molecule has 7 heteroatoms. The molecule has 3 atom stereocenters. The zero-order valence-electron chi connectivity index (χ0n) is 24.0. The van der Waals surface area contributed by atoms with Gasteiger partial charge in [0.1, 0.15) is 66.7 Å². The second kappa shape index (κ2) is 10.6. The minimum absolute atomic E-state index is 0.131. The molecule has 3 saturated heterocycles. The van der Waals surface area contributed by atoms with Gasteiger partial charge in [0.15, 0.2) is 0 Å². The Hall–Kier alpha value is -4.56. The number of epoxide rings is 3. The zero-order valence-corrected chi connectivity index (χ0v) is 24.0. The molecule has 0 N–H and O–H groups in total. The van der Waals surface area contributed by atoms with E-state index in [1.807, 2.05) is 36.4 Å². The molecule has 9 rings (SSSR count). The molecule has 0 aliphatic carbocycles. The SMILES string of the molecule is c1ccc(-c2c(-c3ccc(OCC4CO4)cc3)oc3c4ccccc4c4cccc(OCC5CO5)c4c23)c(OCC2CO2)c1. The topological polar surface area (TPSA) is 78.4 Å². The second-order valence-electron chi connectivity index (χ2n) is 11.6. The van der Waals surface area contributed by atoms with Crippen LogP contribution in [0.1, 0.15) is 0 Å². The summed E-state index contributed by atoms with van der Waals surface area (Å²) in [6.45, 7) is 3.77. The van der Waals surface area contributed by atoms with E-state index in [4.69, 9.17) is 32.8 Å². The van der Waals surface area contributed by atoms with E-state index in [2.05, 4.69) is 54.6 Å². The second-order valence-corrected chi connectivity index (χ2v) is 11.6. The maximum atomic E-state index is 6.97. The standard InChI is InChI=1S/C37H30O7/c1-2-7-29-27(6-1)28-9-5-11-32(43-21-26-19-41-26)33(28)35-34(30-8-3-4-10-31(30)42-20-25-18-40-25)36(44-37(29)35)22-12-14-23(15-13-22)38-16-24-17-39-24/h1-15,24-26H,16-21H2. The van der Waals surface area contributed by atoms with Gasteiger partial charge in [0.2, 0.25) is 0 Å². The van der Waals surface area contributed by atoms with Crippen molar-refractivity contribution < 1.29 is 32.8 Å². The first-order valence-corrected chi connectivity index (χ1v) is 15.1. The third-order valence-corrected chi connectivity index (χ3v) is 8.41. The van der Waals surface area contributed by atoms with Gasteiger partial charge in [0, 0.05) is 32.8 Å². The lowest BCUT2D eigenvalue weighted by atomic mass is 9.91. The number of para-hydroxylation sites is 1. The van der Waals surface area contributed by atoms with Gasteiger partial charge in [-0.05, 0) is 47.2 Å². The molecule has 3 aliphatic rings. The van der Waals surface area contributed by atoms with Crippen molar-refractivity contribution in [3.8, 4) is 39.7 Å². The molecule has 5 aromatic carbocycles. The molecule has 4 heterocycles. The summed E-state index contributed by atoms with van der Waals surface area (Å²) in [7, 11) is 0. The fraction of sp³-hybridized carbons (Fsp3) is 0.243. The smallest absolute Gasteiger partial charge is 0.144 e. The fourth-order valence-corrected chi connectivity index (χ4v) is 5.92. The number of furan rings is 1. The molecule has 0 saturated carbocycles. The number of hydrogen-bond donors (Lipinski definition) is 0. The molecule has 220 valence electrons. The zero-order chi connectivity index (χ0) is 29.0. The van der Waals surface area contributed by atoms with E-state index in [9.17, 15) is 0 Å². The quantitative estimate of drug-likeness (QED) is 0.116. The monoisotopic (exact) mass is 586 g/mol. The molecular formula is C37H30O7. The van der Waals surface area contributed by atoms with Gasteiger partial charge in [-0.1, -0.05) is 54.6 Å². The molecule has 3 aliphatic heterocycles. The Morgan fingerprint density at radius 1 is 0.545 bits per heavy atom. The van der Waals surface area contributed by atoms with E-state index in [0.29, 0.717) is 19.8 Å². The highest BCUT2D eigenvalue weighted by Crippen LogP contribution is 2.51. The average molecular weight is 587 g/mol. The average Bonchev–Trinajstić information content (AvgIpc) is 3.94. The lowest BCUT2D eigenvalue weighted by Gasteiger charge is -2.15. The Kier molecular flexibility index (Phi) is 6.21. The number of rotatable bonds is 11. The van der Waals surface area contributed by atoms with Gasteiger partial charge in [-0.2, -0.15) is 0 Å². The van der Waals surface area contributed by atoms with Crippen molar-refractivity contribution in [3.63, 3.8) is 0 Å². The van der Waals surface area contributed by atoms with Crippen molar-refractivity contribution in [1.82, 2.24) is 0 Å². The van der Waals surface area contributed by atoms with E-state index >= 15 is 0 Å². The number of ether oxygens (including phenoxy) is 6. The highest BCUT2D eigenvalue weighted by atomic mass is 16.6. The predicted molar refractivity (Wildman–Crippen MR) is 168 cm³/mol. The predicted octanol–water partition coefficient (Wildman–Crippen LogP) is 7.41. The maximum Gasteiger partial charge on any atom is 0.144 e. The summed E-state index contributed by atoms with van der Waals surface area (Å²) in [5.41, 5.74) is 3.66. The molecule has 0 radical (unpaired) electrons. The van der Waals surface area contributed by atoms with Crippen LogP contribution >= 0.6 is 0 Å². The summed E-state index contributed by atoms with van der Waals surface area (Å²) >= 11 is 0. The summed E-state index contributed by atoms with van der Waals surface area (Å²) in [5.74, 6) is 3.14. The number of fused-ring (bicyclic) bond motifs is 6. The molecule has 3 unspecified atom stereocenters. The third-order valence-electron chi connectivity index (χ3n) is 8.41. The van der Waals surface area contributed by atoms with Gasteiger partial charge < -0.3 is 32.8 Å². The molecule has 1 aromatic heterocycles. The normalized spacial score (nSPS) is 20.2.